The number of hydrogen-bond donors (Lipinski definition) is 0. The highest BCUT2D eigenvalue weighted by atomic mass is 35.5. The highest BCUT2D eigenvalue weighted by molar-refractivity contribution is 6.30. The van der Waals surface area contributed by atoms with Gasteiger partial charge in [-0.15, -0.1) is 0 Å². The van der Waals surface area contributed by atoms with Crippen molar-refractivity contribution >= 4 is 11.6 Å². The molecule has 0 amide bonds. The van der Waals surface area contributed by atoms with Gasteiger partial charge in [0.1, 0.15) is 37.7 Å². The first-order chi connectivity index (χ1) is 16.2. The molecule has 0 bridgehead atoms. The Labute approximate surface area is 197 Å². The molecule has 7 heteroatoms. The zero-order chi connectivity index (χ0) is 22.5. The van der Waals surface area contributed by atoms with Gasteiger partial charge in [-0.2, -0.15) is 5.10 Å². The van der Waals surface area contributed by atoms with E-state index in [0.717, 1.165) is 23.3 Å². The van der Waals surface area contributed by atoms with Crippen LogP contribution in [0, 0.1) is 0 Å². The Kier molecular flexibility index (Phi) is 6.39. The number of hydrogen-bond acceptors (Lipinski definition) is 5. The van der Waals surface area contributed by atoms with E-state index in [1.807, 2.05) is 60.7 Å². The van der Waals surface area contributed by atoms with Crippen molar-refractivity contribution in [3.8, 4) is 5.75 Å². The molecule has 1 aliphatic heterocycles. The molecule has 1 aromatic heterocycles. The van der Waals surface area contributed by atoms with Crippen LogP contribution in [-0.4, -0.2) is 34.1 Å². The third kappa shape index (κ3) is 5.09. The summed E-state index contributed by atoms with van der Waals surface area (Å²) in [6, 6.07) is 26.0. The van der Waals surface area contributed by atoms with Crippen LogP contribution in [0.5, 0.6) is 5.75 Å². The number of halogens is 1. The predicted molar refractivity (Wildman–Crippen MR) is 125 cm³/mol. The van der Waals surface area contributed by atoms with E-state index in [2.05, 4.69) is 28.3 Å². The first-order valence-electron chi connectivity index (χ1n) is 10.8. The maximum Gasteiger partial charge on any atom is 0.215 e. The van der Waals surface area contributed by atoms with Gasteiger partial charge < -0.3 is 14.2 Å². The van der Waals surface area contributed by atoms with Crippen molar-refractivity contribution < 1.29 is 14.2 Å². The smallest absolute Gasteiger partial charge is 0.215 e. The van der Waals surface area contributed by atoms with Crippen LogP contribution in [0.25, 0.3) is 0 Å². The van der Waals surface area contributed by atoms with E-state index in [4.69, 9.17) is 25.8 Å². The standard InChI is InChI=1S/C26H24ClN3O3/c27-23-12-10-22(11-13-23)26(17-30-19-28-18-29-30)32-16-24(33-26)15-31-25-9-5-4-8-21(25)14-20-6-2-1-3-7-20/h1-13,18-19,24H,14-17H2. The third-order valence-corrected chi connectivity index (χ3v) is 5.87. The van der Waals surface area contributed by atoms with Crippen molar-refractivity contribution in [2.24, 2.45) is 0 Å². The van der Waals surface area contributed by atoms with E-state index >= 15 is 0 Å². The van der Waals surface area contributed by atoms with Crippen LogP contribution >= 0.6 is 11.6 Å². The molecule has 0 radical (unpaired) electrons. The quantitative estimate of drug-likeness (QED) is 0.374. The van der Waals surface area contributed by atoms with Crippen molar-refractivity contribution in [3.63, 3.8) is 0 Å². The molecule has 0 spiro atoms. The minimum atomic E-state index is -0.990. The van der Waals surface area contributed by atoms with Crippen LogP contribution in [0.3, 0.4) is 0 Å². The Balaban J connectivity index is 1.30. The molecule has 2 heterocycles. The molecule has 3 aromatic carbocycles. The van der Waals surface area contributed by atoms with Crippen molar-refractivity contribution in [1.29, 1.82) is 0 Å². The van der Waals surface area contributed by atoms with Crippen LogP contribution in [0.15, 0.2) is 91.5 Å². The van der Waals surface area contributed by atoms with E-state index in [9.17, 15) is 0 Å². The van der Waals surface area contributed by atoms with Crippen molar-refractivity contribution in [1.82, 2.24) is 14.8 Å². The van der Waals surface area contributed by atoms with Crippen molar-refractivity contribution in [2.75, 3.05) is 13.2 Å². The summed E-state index contributed by atoms with van der Waals surface area (Å²) in [6.07, 6.45) is 3.71. The van der Waals surface area contributed by atoms with E-state index in [1.54, 1.807) is 11.0 Å². The summed E-state index contributed by atoms with van der Waals surface area (Å²) in [5, 5.41) is 4.88. The molecular weight excluding hydrogens is 438 g/mol. The fraction of sp³-hybridized carbons (Fsp3) is 0.231. The fourth-order valence-corrected chi connectivity index (χ4v) is 4.12. The molecule has 0 aliphatic carbocycles. The number of aromatic nitrogens is 3. The second-order valence-electron chi connectivity index (χ2n) is 7.98. The Hall–Kier alpha value is -3.19. The van der Waals surface area contributed by atoms with Gasteiger partial charge >= 0.3 is 0 Å². The minimum absolute atomic E-state index is 0.242. The average molecular weight is 462 g/mol. The lowest BCUT2D eigenvalue weighted by atomic mass is 10.0. The third-order valence-electron chi connectivity index (χ3n) is 5.61. The summed E-state index contributed by atoms with van der Waals surface area (Å²) in [6.45, 7) is 1.15. The molecule has 0 N–H and O–H groups in total. The van der Waals surface area contributed by atoms with Gasteiger partial charge in [-0.1, -0.05) is 72.3 Å². The second kappa shape index (κ2) is 9.75. The highest BCUT2D eigenvalue weighted by Gasteiger charge is 2.44. The Morgan fingerprint density at radius 3 is 2.58 bits per heavy atom. The lowest BCUT2D eigenvalue weighted by Gasteiger charge is -2.28. The number of nitrogens with zero attached hydrogens (tertiary/aromatic N) is 3. The molecule has 2 atom stereocenters. The topological polar surface area (TPSA) is 58.4 Å². The fourth-order valence-electron chi connectivity index (χ4n) is 3.99. The normalized spacial score (nSPS) is 20.1. The molecule has 0 saturated carbocycles. The molecule has 4 aromatic rings. The van der Waals surface area contributed by atoms with Crippen LogP contribution < -0.4 is 4.74 Å². The predicted octanol–water partition coefficient (Wildman–Crippen LogP) is 4.87. The monoisotopic (exact) mass is 461 g/mol. The molecule has 1 saturated heterocycles. The summed E-state index contributed by atoms with van der Waals surface area (Å²) in [5.74, 6) is -0.138. The van der Waals surface area contributed by atoms with Gasteiger partial charge in [-0.25, -0.2) is 9.67 Å². The van der Waals surface area contributed by atoms with Crippen LogP contribution in [0.1, 0.15) is 16.7 Å². The largest absolute Gasteiger partial charge is 0.490 e. The summed E-state index contributed by atoms with van der Waals surface area (Å²) in [5.41, 5.74) is 3.24. The average Bonchev–Trinajstić information content (AvgIpc) is 3.50. The van der Waals surface area contributed by atoms with Crippen molar-refractivity contribution in [2.45, 2.75) is 24.9 Å². The molecule has 6 nitrogen and oxygen atoms in total. The van der Waals surface area contributed by atoms with E-state index in [-0.39, 0.29) is 6.10 Å². The number of rotatable bonds is 8. The van der Waals surface area contributed by atoms with Gasteiger partial charge in [-0.05, 0) is 29.3 Å². The zero-order valence-electron chi connectivity index (χ0n) is 18.0. The lowest BCUT2D eigenvalue weighted by molar-refractivity contribution is -0.190. The van der Waals surface area contributed by atoms with Gasteiger partial charge in [0.05, 0.1) is 6.61 Å². The lowest BCUT2D eigenvalue weighted by Crippen LogP contribution is -2.34. The van der Waals surface area contributed by atoms with E-state index in [0.29, 0.717) is 24.8 Å². The molecule has 2 unspecified atom stereocenters. The maximum atomic E-state index is 6.45. The first-order valence-corrected chi connectivity index (χ1v) is 11.2. The van der Waals surface area contributed by atoms with Gasteiger partial charge in [-0.3, -0.25) is 0 Å². The van der Waals surface area contributed by atoms with Gasteiger partial charge in [0, 0.05) is 17.0 Å². The summed E-state index contributed by atoms with van der Waals surface area (Å²) in [7, 11) is 0. The Bertz CT molecular complexity index is 1170. The summed E-state index contributed by atoms with van der Waals surface area (Å²) < 4.78 is 20.6. The SMILES string of the molecule is Clc1ccc(C2(Cn3cncn3)OCC(COc3ccccc3Cc3ccccc3)O2)cc1. The van der Waals surface area contributed by atoms with Gasteiger partial charge in [0.2, 0.25) is 5.79 Å². The second-order valence-corrected chi connectivity index (χ2v) is 8.42. The number of benzene rings is 3. The zero-order valence-corrected chi connectivity index (χ0v) is 18.8. The van der Waals surface area contributed by atoms with Gasteiger partial charge in [0.15, 0.2) is 0 Å². The van der Waals surface area contributed by atoms with Crippen molar-refractivity contribution in [3.05, 3.63) is 113 Å². The first kappa shape index (κ1) is 21.6. The van der Waals surface area contributed by atoms with Gasteiger partial charge in [0.25, 0.3) is 0 Å². The molecular formula is C26H24ClN3O3. The molecule has 168 valence electrons. The van der Waals surface area contributed by atoms with Crippen LogP contribution in [0.2, 0.25) is 5.02 Å². The Morgan fingerprint density at radius 1 is 1.00 bits per heavy atom. The molecule has 5 rings (SSSR count). The van der Waals surface area contributed by atoms with Crippen LogP contribution in [-0.2, 0) is 28.2 Å². The molecule has 33 heavy (non-hydrogen) atoms. The minimum Gasteiger partial charge on any atom is -0.490 e. The van der Waals surface area contributed by atoms with E-state index in [1.165, 1.54) is 11.9 Å². The summed E-state index contributed by atoms with van der Waals surface area (Å²) in [4.78, 5) is 4.04. The number of para-hydroxylation sites is 1. The Morgan fingerprint density at radius 2 is 1.79 bits per heavy atom. The number of ether oxygens (including phenoxy) is 3. The van der Waals surface area contributed by atoms with Crippen LogP contribution in [0.4, 0.5) is 0 Å². The maximum absolute atomic E-state index is 6.45. The summed E-state index contributed by atoms with van der Waals surface area (Å²) >= 11 is 6.10. The highest BCUT2D eigenvalue weighted by Crippen LogP contribution is 2.37. The molecule has 1 fully saturated rings. The molecule has 1 aliphatic rings. The van der Waals surface area contributed by atoms with E-state index < -0.39 is 5.79 Å².